The van der Waals surface area contributed by atoms with Crippen molar-refractivity contribution in [3.05, 3.63) is 60.0 Å². The minimum atomic E-state index is -4.53. The molecule has 1 aliphatic rings. The molecule has 3 aromatic rings. The quantitative estimate of drug-likeness (QED) is 0.528. The van der Waals surface area contributed by atoms with E-state index in [1.165, 1.54) is 15.9 Å². The fourth-order valence-corrected chi connectivity index (χ4v) is 3.95. The van der Waals surface area contributed by atoms with Gasteiger partial charge in [0, 0.05) is 25.0 Å². The van der Waals surface area contributed by atoms with E-state index in [-0.39, 0.29) is 43.6 Å². The lowest BCUT2D eigenvalue weighted by molar-refractivity contribution is -0.141. The van der Waals surface area contributed by atoms with E-state index in [1.807, 2.05) is 0 Å². The summed E-state index contributed by atoms with van der Waals surface area (Å²) in [5, 5.41) is 10.5. The summed E-state index contributed by atoms with van der Waals surface area (Å²) >= 11 is 0. The van der Waals surface area contributed by atoms with Gasteiger partial charge in [-0.2, -0.15) is 13.2 Å². The van der Waals surface area contributed by atoms with Gasteiger partial charge in [0.1, 0.15) is 28.5 Å². The molecular formula is C26H27F3N4O5. The number of piperazine rings is 1. The van der Waals surface area contributed by atoms with Gasteiger partial charge in [0.15, 0.2) is 0 Å². The standard InChI is InChI=1S/C26H27F3N4O5/c1-25(2,3)38-24(36)33-11-10-32(14-17(33)15-34)23(35)21-7-4-16-12-18(5-8-20(16)31-21)37-19-6-9-22(30-13-19)26(27,28)29/h4-9,12-13,17,34H,10-11,14-15H2,1-3H3/t17-/m1/s1. The first-order valence-electron chi connectivity index (χ1n) is 11.9. The van der Waals surface area contributed by atoms with Crippen molar-refractivity contribution in [1.82, 2.24) is 19.8 Å². The van der Waals surface area contributed by atoms with Crippen LogP contribution in [0.25, 0.3) is 10.9 Å². The number of fused-ring (bicyclic) bond motifs is 1. The number of hydrogen-bond donors (Lipinski definition) is 1. The number of aromatic nitrogens is 2. The summed E-state index contributed by atoms with van der Waals surface area (Å²) in [4.78, 5) is 36.4. The highest BCUT2D eigenvalue weighted by Crippen LogP contribution is 2.30. The van der Waals surface area contributed by atoms with Crippen LogP contribution in [0.2, 0.25) is 0 Å². The molecule has 0 radical (unpaired) electrons. The number of nitrogens with zero attached hydrogens (tertiary/aromatic N) is 4. The van der Waals surface area contributed by atoms with Crippen LogP contribution >= 0.6 is 0 Å². The molecule has 1 fully saturated rings. The monoisotopic (exact) mass is 532 g/mol. The molecule has 1 aliphatic heterocycles. The summed E-state index contributed by atoms with van der Waals surface area (Å²) in [6, 6.07) is 9.53. The Balaban J connectivity index is 1.44. The summed E-state index contributed by atoms with van der Waals surface area (Å²) in [6.45, 7) is 5.52. The number of halogens is 3. The zero-order chi connectivity index (χ0) is 27.7. The molecular weight excluding hydrogens is 505 g/mol. The lowest BCUT2D eigenvalue weighted by atomic mass is 10.1. The van der Waals surface area contributed by atoms with E-state index in [1.54, 1.807) is 51.1 Å². The fourth-order valence-electron chi connectivity index (χ4n) is 3.95. The highest BCUT2D eigenvalue weighted by Gasteiger charge is 2.35. The normalized spacial score (nSPS) is 16.4. The Hall–Kier alpha value is -3.93. The van der Waals surface area contributed by atoms with E-state index in [2.05, 4.69) is 9.97 Å². The van der Waals surface area contributed by atoms with Gasteiger partial charge in [0.05, 0.1) is 24.4 Å². The summed E-state index contributed by atoms with van der Waals surface area (Å²) in [6.07, 6.45) is -4.08. The molecule has 2 amide bonds. The molecule has 0 bridgehead atoms. The van der Waals surface area contributed by atoms with E-state index in [9.17, 15) is 27.9 Å². The second kappa shape index (κ2) is 10.4. The Kier molecular flexibility index (Phi) is 7.45. The minimum Gasteiger partial charge on any atom is -0.456 e. The van der Waals surface area contributed by atoms with Gasteiger partial charge in [-0.1, -0.05) is 6.07 Å². The number of rotatable bonds is 4. The summed E-state index contributed by atoms with van der Waals surface area (Å²) in [5.41, 5.74) is -0.986. The zero-order valence-electron chi connectivity index (χ0n) is 21.0. The third kappa shape index (κ3) is 6.31. The summed E-state index contributed by atoms with van der Waals surface area (Å²) < 4.78 is 49.1. The molecule has 1 atom stereocenters. The first-order chi connectivity index (χ1) is 17.8. The van der Waals surface area contributed by atoms with Crippen molar-refractivity contribution in [3.63, 3.8) is 0 Å². The Bertz CT molecular complexity index is 1330. The van der Waals surface area contributed by atoms with Gasteiger partial charge in [-0.25, -0.2) is 14.8 Å². The SMILES string of the molecule is CC(C)(C)OC(=O)N1CCN(C(=O)c2ccc3cc(Oc4ccc(C(F)(F)F)nc4)ccc3n2)C[C@@H]1CO. The van der Waals surface area contributed by atoms with Crippen LogP contribution in [-0.4, -0.2) is 74.8 Å². The number of aliphatic hydroxyl groups is 1. The van der Waals surface area contributed by atoms with Gasteiger partial charge in [0.2, 0.25) is 0 Å². The van der Waals surface area contributed by atoms with Crippen molar-refractivity contribution in [2.75, 3.05) is 26.2 Å². The molecule has 1 N–H and O–H groups in total. The van der Waals surface area contributed by atoms with Crippen LogP contribution in [-0.2, 0) is 10.9 Å². The number of aliphatic hydroxyl groups excluding tert-OH is 1. The average molecular weight is 533 g/mol. The van der Waals surface area contributed by atoms with E-state index in [0.29, 0.717) is 16.7 Å². The van der Waals surface area contributed by atoms with Crippen molar-refractivity contribution >= 4 is 22.9 Å². The van der Waals surface area contributed by atoms with Gasteiger partial charge < -0.3 is 19.5 Å². The summed E-state index contributed by atoms with van der Waals surface area (Å²) in [7, 11) is 0. The molecule has 4 rings (SSSR count). The third-order valence-corrected chi connectivity index (χ3v) is 5.75. The topological polar surface area (TPSA) is 105 Å². The largest absolute Gasteiger partial charge is 0.456 e. The molecule has 0 saturated carbocycles. The van der Waals surface area contributed by atoms with Gasteiger partial charge in [0.25, 0.3) is 5.91 Å². The van der Waals surface area contributed by atoms with Gasteiger partial charge in [-0.3, -0.25) is 9.69 Å². The van der Waals surface area contributed by atoms with E-state index in [0.717, 1.165) is 12.3 Å². The Labute approximate surface area is 216 Å². The lowest BCUT2D eigenvalue weighted by Crippen LogP contribution is -2.58. The van der Waals surface area contributed by atoms with Crippen molar-refractivity contribution in [1.29, 1.82) is 0 Å². The van der Waals surface area contributed by atoms with Crippen molar-refractivity contribution in [3.8, 4) is 11.5 Å². The third-order valence-electron chi connectivity index (χ3n) is 5.75. The van der Waals surface area contributed by atoms with Crippen LogP contribution in [0.5, 0.6) is 11.5 Å². The van der Waals surface area contributed by atoms with Crippen LogP contribution in [0.15, 0.2) is 48.7 Å². The van der Waals surface area contributed by atoms with Crippen LogP contribution < -0.4 is 4.74 Å². The van der Waals surface area contributed by atoms with Crippen LogP contribution in [0.1, 0.15) is 37.0 Å². The maximum Gasteiger partial charge on any atom is 0.433 e. The van der Waals surface area contributed by atoms with E-state index < -0.39 is 29.6 Å². The van der Waals surface area contributed by atoms with E-state index >= 15 is 0 Å². The van der Waals surface area contributed by atoms with Crippen LogP contribution in [0.4, 0.5) is 18.0 Å². The second-order valence-corrected chi connectivity index (χ2v) is 9.79. The van der Waals surface area contributed by atoms with Crippen molar-refractivity contribution in [2.24, 2.45) is 0 Å². The van der Waals surface area contributed by atoms with Gasteiger partial charge >= 0.3 is 12.3 Å². The van der Waals surface area contributed by atoms with Crippen molar-refractivity contribution < 1.29 is 37.3 Å². The average Bonchev–Trinajstić information content (AvgIpc) is 2.86. The molecule has 1 saturated heterocycles. The number of pyridine rings is 2. The highest BCUT2D eigenvalue weighted by molar-refractivity contribution is 5.95. The zero-order valence-corrected chi connectivity index (χ0v) is 21.0. The maximum absolute atomic E-state index is 13.2. The molecule has 0 unspecified atom stereocenters. The summed E-state index contributed by atoms with van der Waals surface area (Å²) in [5.74, 6) is 0.162. The first kappa shape index (κ1) is 27.1. The molecule has 12 heteroatoms. The number of alkyl halides is 3. The Morgan fingerprint density at radius 2 is 1.79 bits per heavy atom. The Morgan fingerprint density at radius 3 is 2.42 bits per heavy atom. The highest BCUT2D eigenvalue weighted by atomic mass is 19.4. The number of benzene rings is 1. The number of carbonyl (C=O) groups is 2. The molecule has 0 aliphatic carbocycles. The molecule has 202 valence electrons. The van der Waals surface area contributed by atoms with Crippen LogP contribution in [0.3, 0.4) is 0 Å². The molecule has 9 nitrogen and oxygen atoms in total. The number of ether oxygens (including phenoxy) is 2. The first-order valence-corrected chi connectivity index (χ1v) is 11.9. The Morgan fingerprint density at radius 1 is 1.05 bits per heavy atom. The molecule has 2 aromatic heterocycles. The molecule has 38 heavy (non-hydrogen) atoms. The van der Waals surface area contributed by atoms with E-state index in [4.69, 9.17) is 9.47 Å². The molecule has 3 heterocycles. The smallest absolute Gasteiger partial charge is 0.433 e. The predicted molar refractivity (Wildman–Crippen MR) is 131 cm³/mol. The molecule has 0 spiro atoms. The fraction of sp³-hybridized carbons (Fsp3) is 0.385. The van der Waals surface area contributed by atoms with Crippen LogP contribution in [0, 0.1) is 0 Å². The minimum absolute atomic E-state index is 0.127. The second-order valence-electron chi connectivity index (χ2n) is 9.79. The van der Waals surface area contributed by atoms with Gasteiger partial charge in [-0.15, -0.1) is 0 Å². The number of hydrogen-bond acceptors (Lipinski definition) is 7. The predicted octanol–water partition coefficient (Wildman–Crippen LogP) is 4.49. The lowest BCUT2D eigenvalue weighted by Gasteiger charge is -2.40. The number of carbonyl (C=O) groups excluding carboxylic acids is 2. The van der Waals surface area contributed by atoms with Crippen molar-refractivity contribution in [2.45, 2.75) is 38.6 Å². The molecule has 1 aromatic carbocycles. The maximum atomic E-state index is 13.2. The van der Waals surface area contributed by atoms with Gasteiger partial charge in [-0.05, 0) is 57.2 Å². The number of amides is 2.